The van der Waals surface area contributed by atoms with Crippen LogP contribution < -0.4 is 5.32 Å². The molecule has 19 heavy (non-hydrogen) atoms. The topological polar surface area (TPSA) is 49.3 Å². The van der Waals surface area contributed by atoms with Crippen molar-refractivity contribution in [2.75, 3.05) is 5.32 Å². The van der Waals surface area contributed by atoms with Gasteiger partial charge in [0.05, 0.1) is 11.3 Å². The van der Waals surface area contributed by atoms with Crippen molar-refractivity contribution in [1.82, 2.24) is 0 Å². The number of carbonyl (C=O) groups is 1. The molecule has 0 unspecified atom stereocenters. The number of carboxylic acids is 1. The summed E-state index contributed by atoms with van der Waals surface area (Å²) < 4.78 is 27.4. The van der Waals surface area contributed by atoms with Crippen molar-refractivity contribution >= 4 is 17.3 Å². The summed E-state index contributed by atoms with van der Waals surface area (Å²) >= 11 is 0. The van der Waals surface area contributed by atoms with Gasteiger partial charge >= 0.3 is 5.97 Å². The van der Waals surface area contributed by atoms with Crippen LogP contribution in [-0.2, 0) is 0 Å². The molecule has 2 aromatic carbocycles. The van der Waals surface area contributed by atoms with Crippen LogP contribution in [0.4, 0.5) is 20.2 Å². The summed E-state index contributed by atoms with van der Waals surface area (Å²) in [4.78, 5) is 11.0. The number of halogens is 2. The summed E-state index contributed by atoms with van der Waals surface area (Å²) in [5.41, 5.74) is 0.00612. The first-order chi connectivity index (χ1) is 9.00. The minimum absolute atomic E-state index is 0.0530. The normalized spacial score (nSPS) is 10.3. The Morgan fingerprint density at radius 3 is 2.53 bits per heavy atom. The van der Waals surface area contributed by atoms with Crippen molar-refractivity contribution in [3.63, 3.8) is 0 Å². The van der Waals surface area contributed by atoms with E-state index in [0.717, 1.165) is 6.07 Å². The van der Waals surface area contributed by atoms with Crippen LogP contribution in [0.3, 0.4) is 0 Å². The highest BCUT2D eigenvalue weighted by Crippen LogP contribution is 2.27. The molecule has 0 saturated carbocycles. The Morgan fingerprint density at radius 2 is 1.84 bits per heavy atom. The molecule has 0 saturated heterocycles. The maximum atomic E-state index is 13.8. The van der Waals surface area contributed by atoms with Crippen LogP contribution >= 0.6 is 0 Å². The Morgan fingerprint density at radius 1 is 1.16 bits per heavy atom. The standard InChI is InChI=1S/C14H11F2NO2/c1-8-6-7-10(15)13(12(8)16)17-11-5-3-2-4-9(11)14(18)19/h2-7,17H,1H3,(H,18,19). The molecule has 2 rings (SSSR count). The molecular formula is C14H11F2NO2. The quantitative estimate of drug-likeness (QED) is 0.887. The van der Waals surface area contributed by atoms with E-state index in [1.54, 1.807) is 6.07 Å². The first-order valence-electron chi connectivity index (χ1n) is 5.54. The number of para-hydroxylation sites is 1. The summed E-state index contributed by atoms with van der Waals surface area (Å²) in [6.45, 7) is 1.50. The average Bonchev–Trinajstić information content (AvgIpc) is 2.39. The Labute approximate surface area is 108 Å². The minimum Gasteiger partial charge on any atom is -0.478 e. The van der Waals surface area contributed by atoms with Gasteiger partial charge in [0.15, 0.2) is 5.82 Å². The maximum absolute atomic E-state index is 13.8. The van der Waals surface area contributed by atoms with E-state index in [0.29, 0.717) is 0 Å². The lowest BCUT2D eigenvalue weighted by Crippen LogP contribution is -2.05. The zero-order chi connectivity index (χ0) is 14.0. The second-order valence-electron chi connectivity index (χ2n) is 4.03. The number of benzene rings is 2. The molecule has 0 aliphatic heterocycles. The third-order valence-electron chi connectivity index (χ3n) is 2.70. The van der Waals surface area contributed by atoms with Gasteiger partial charge in [-0.2, -0.15) is 0 Å². The molecule has 0 spiro atoms. The van der Waals surface area contributed by atoms with E-state index in [1.807, 2.05) is 0 Å². The molecule has 0 aliphatic carbocycles. The molecule has 0 fully saturated rings. The highest BCUT2D eigenvalue weighted by molar-refractivity contribution is 5.95. The number of aromatic carboxylic acids is 1. The molecular weight excluding hydrogens is 252 g/mol. The molecule has 98 valence electrons. The molecule has 3 nitrogen and oxygen atoms in total. The van der Waals surface area contributed by atoms with Gasteiger partial charge in [0.1, 0.15) is 11.5 Å². The van der Waals surface area contributed by atoms with Crippen LogP contribution in [-0.4, -0.2) is 11.1 Å². The number of aryl methyl sites for hydroxylation is 1. The number of hydrogen-bond acceptors (Lipinski definition) is 2. The first-order valence-corrected chi connectivity index (χ1v) is 5.54. The molecule has 0 atom stereocenters. The maximum Gasteiger partial charge on any atom is 0.337 e. The van der Waals surface area contributed by atoms with Crippen LogP contribution in [0.15, 0.2) is 36.4 Å². The number of anilines is 2. The second kappa shape index (κ2) is 5.06. The zero-order valence-electron chi connectivity index (χ0n) is 10.1. The smallest absolute Gasteiger partial charge is 0.337 e. The Hall–Kier alpha value is -2.43. The first kappa shape index (κ1) is 13.0. The summed E-state index contributed by atoms with van der Waals surface area (Å²) in [6, 6.07) is 8.38. The number of nitrogens with one attached hydrogen (secondary N) is 1. The Balaban J connectivity index is 2.48. The lowest BCUT2D eigenvalue weighted by molar-refractivity contribution is 0.0698. The lowest BCUT2D eigenvalue weighted by atomic mass is 10.1. The number of carboxylic acid groups (broad SMARTS) is 1. The molecule has 0 aliphatic rings. The van der Waals surface area contributed by atoms with Crippen LogP contribution in [0.5, 0.6) is 0 Å². The van der Waals surface area contributed by atoms with Gasteiger partial charge in [-0.25, -0.2) is 13.6 Å². The van der Waals surface area contributed by atoms with Crippen molar-refractivity contribution in [1.29, 1.82) is 0 Å². The molecule has 2 N–H and O–H groups in total. The Kier molecular flexibility index (Phi) is 3.46. The van der Waals surface area contributed by atoms with Crippen molar-refractivity contribution in [3.8, 4) is 0 Å². The van der Waals surface area contributed by atoms with Crippen molar-refractivity contribution < 1.29 is 18.7 Å². The van der Waals surface area contributed by atoms with Crippen molar-refractivity contribution in [2.24, 2.45) is 0 Å². The Bertz CT molecular complexity index is 641. The molecule has 0 amide bonds. The van der Waals surface area contributed by atoms with Gasteiger partial charge in [-0.1, -0.05) is 18.2 Å². The monoisotopic (exact) mass is 263 g/mol. The van der Waals surface area contributed by atoms with E-state index in [9.17, 15) is 13.6 Å². The van der Waals surface area contributed by atoms with E-state index < -0.39 is 17.6 Å². The van der Waals surface area contributed by atoms with Gasteiger partial charge in [0.2, 0.25) is 0 Å². The summed E-state index contributed by atoms with van der Waals surface area (Å²) in [5.74, 6) is -2.68. The lowest BCUT2D eigenvalue weighted by Gasteiger charge is -2.12. The van der Waals surface area contributed by atoms with E-state index in [4.69, 9.17) is 5.11 Å². The fraction of sp³-hybridized carbons (Fsp3) is 0.0714. The van der Waals surface area contributed by atoms with Gasteiger partial charge in [-0.3, -0.25) is 0 Å². The molecule has 0 radical (unpaired) electrons. The van der Waals surface area contributed by atoms with Crippen LogP contribution in [0.1, 0.15) is 15.9 Å². The summed E-state index contributed by atoms with van der Waals surface area (Å²) in [7, 11) is 0. The predicted octanol–water partition coefficient (Wildman–Crippen LogP) is 3.72. The molecule has 0 bridgehead atoms. The summed E-state index contributed by atoms with van der Waals surface area (Å²) in [5, 5.41) is 11.5. The van der Waals surface area contributed by atoms with E-state index in [1.165, 1.54) is 31.2 Å². The van der Waals surface area contributed by atoms with E-state index in [-0.39, 0.29) is 22.5 Å². The summed E-state index contributed by atoms with van der Waals surface area (Å²) in [6.07, 6.45) is 0. The molecule has 5 heteroatoms. The fourth-order valence-corrected chi connectivity index (χ4v) is 1.68. The third kappa shape index (κ3) is 2.54. The van der Waals surface area contributed by atoms with Crippen molar-refractivity contribution in [2.45, 2.75) is 6.92 Å². The van der Waals surface area contributed by atoms with Gasteiger partial charge in [-0.05, 0) is 30.7 Å². The van der Waals surface area contributed by atoms with E-state index in [2.05, 4.69) is 5.32 Å². The second-order valence-corrected chi connectivity index (χ2v) is 4.03. The van der Waals surface area contributed by atoms with Crippen molar-refractivity contribution in [3.05, 3.63) is 59.2 Å². The zero-order valence-corrected chi connectivity index (χ0v) is 10.1. The van der Waals surface area contributed by atoms with Gasteiger partial charge in [0.25, 0.3) is 0 Å². The SMILES string of the molecule is Cc1ccc(F)c(Nc2ccccc2C(=O)O)c1F. The molecule has 2 aromatic rings. The van der Waals surface area contributed by atoms with Gasteiger partial charge < -0.3 is 10.4 Å². The largest absolute Gasteiger partial charge is 0.478 e. The fourth-order valence-electron chi connectivity index (χ4n) is 1.68. The van der Waals surface area contributed by atoms with Crippen LogP contribution in [0, 0.1) is 18.6 Å². The van der Waals surface area contributed by atoms with E-state index >= 15 is 0 Å². The number of hydrogen-bond donors (Lipinski definition) is 2. The van der Waals surface area contributed by atoms with Crippen LogP contribution in [0.25, 0.3) is 0 Å². The molecule has 0 aromatic heterocycles. The van der Waals surface area contributed by atoms with Crippen LogP contribution in [0.2, 0.25) is 0 Å². The number of rotatable bonds is 3. The molecule has 0 heterocycles. The van der Waals surface area contributed by atoms with Gasteiger partial charge in [-0.15, -0.1) is 0 Å². The highest BCUT2D eigenvalue weighted by Gasteiger charge is 2.15. The predicted molar refractivity (Wildman–Crippen MR) is 67.8 cm³/mol. The highest BCUT2D eigenvalue weighted by atomic mass is 19.1. The van der Waals surface area contributed by atoms with Gasteiger partial charge in [0, 0.05) is 0 Å². The minimum atomic E-state index is -1.17. The average molecular weight is 263 g/mol. The third-order valence-corrected chi connectivity index (χ3v) is 2.70.